The summed E-state index contributed by atoms with van der Waals surface area (Å²) in [4.78, 5) is 20.1. The molecule has 1 aromatic carbocycles. The number of hydrogen-bond acceptors (Lipinski definition) is 5. The molecule has 0 atom stereocenters. The lowest BCUT2D eigenvalue weighted by Crippen LogP contribution is -2.19. The predicted octanol–water partition coefficient (Wildman–Crippen LogP) is 2.39. The van der Waals surface area contributed by atoms with Crippen LogP contribution in [0.3, 0.4) is 0 Å². The van der Waals surface area contributed by atoms with Crippen molar-refractivity contribution >= 4 is 17.5 Å². The molecule has 0 bridgehead atoms. The van der Waals surface area contributed by atoms with Crippen LogP contribution < -0.4 is 10.6 Å². The highest BCUT2D eigenvalue weighted by atomic mass is 16.1. The highest BCUT2D eigenvalue weighted by Crippen LogP contribution is 2.20. The number of nitrogens with one attached hydrogen (secondary N) is 2. The molecule has 128 valence electrons. The Hall–Kier alpha value is -3.22. The van der Waals surface area contributed by atoms with Crippen LogP contribution in [0.4, 0.5) is 11.6 Å². The second kappa shape index (κ2) is 7.57. The van der Waals surface area contributed by atoms with Crippen LogP contribution in [0.15, 0.2) is 49.1 Å². The number of carbonyl (C=O) groups is 1. The van der Waals surface area contributed by atoms with Gasteiger partial charge in [-0.05, 0) is 18.1 Å². The molecule has 7 heteroatoms. The van der Waals surface area contributed by atoms with Gasteiger partial charge < -0.3 is 10.6 Å². The number of hydrogen-bond donors (Lipinski definition) is 2. The average molecular weight is 336 g/mol. The van der Waals surface area contributed by atoms with E-state index in [1.165, 1.54) is 0 Å². The maximum atomic E-state index is 11.4. The van der Waals surface area contributed by atoms with Gasteiger partial charge in [0, 0.05) is 37.7 Å². The van der Waals surface area contributed by atoms with Crippen molar-refractivity contribution in [3.63, 3.8) is 0 Å². The summed E-state index contributed by atoms with van der Waals surface area (Å²) in [7, 11) is 1.64. The minimum Gasteiger partial charge on any atom is -0.359 e. The number of nitrogens with zero attached hydrogens (tertiary/aromatic N) is 4. The van der Waals surface area contributed by atoms with Crippen molar-refractivity contribution in [1.29, 1.82) is 0 Å². The van der Waals surface area contributed by atoms with E-state index in [2.05, 4.69) is 25.7 Å². The topological polar surface area (TPSA) is 84.7 Å². The molecule has 0 aliphatic heterocycles. The number of likely N-dealkylation sites (N-methyl/N-ethyl adjacent to an activating group) is 1. The summed E-state index contributed by atoms with van der Waals surface area (Å²) >= 11 is 0. The molecule has 0 radical (unpaired) electrons. The van der Waals surface area contributed by atoms with E-state index in [-0.39, 0.29) is 5.91 Å². The molecule has 0 saturated carbocycles. The highest BCUT2D eigenvalue weighted by molar-refractivity contribution is 5.78. The summed E-state index contributed by atoms with van der Waals surface area (Å²) in [6.07, 6.45) is 7.57. The summed E-state index contributed by atoms with van der Waals surface area (Å²) in [5, 5.41) is 9.94. The summed E-state index contributed by atoms with van der Waals surface area (Å²) in [5.41, 5.74) is 3.75. The third-order valence-corrected chi connectivity index (χ3v) is 3.80. The molecule has 2 aromatic heterocycles. The summed E-state index contributed by atoms with van der Waals surface area (Å²) < 4.78 is 1.83. The van der Waals surface area contributed by atoms with Crippen LogP contribution >= 0.6 is 0 Å². The van der Waals surface area contributed by atoms with Crippen molar-refractivity contribution < 1.29 is 4.79 Å². The van der Waals surface area contributed by atoms with Crippen molar-refractivity contribution in [3.05, 3.63) is 54.6 Å². The number of carbonyl (C=O) groups excluding carboxylic acids is 1. The lowest BCUT2D eigenvalue weighted by atomic mass is 10.1. The van der Waals surface area contributed by atoms with Crippen molar-refractivity contribution in [2.75, 3.05) is 12.4 Å². The van der Waals surface area contributed by atoms with Gasteiger partial charge in [-0.1, -0.05) is 24.3 Å². The van der Waals surface area contributed by atoms with Gasteiger partial charge in [0.25, 0.3) is 0 Å². The first-order valence-corrected chi connectivity index (χ1v) is 8.09. The van der Waals surface area contributed by atoms with E-state index in [0.717, 1.165) is 28.9 Å². The van der Waals surface area contributed by atoms with Gasteiger partial charge in [-0.25, -0.2) is 9.97 Å². The zero-order valence-corrected chi connectivity index (χ0v) is 14.2. The third-order valence-electron chi connectivity index (χ3n) is 3.80. The normalized spacial score (nSPS) is 10.5. The molecular weight excluding hydrogens is 316 g/mol. The van der Waals surface area contributed by atoms with Crippen LogP contribution in [0.5, 0.6) is 0 Å². The maximum absolute atomic E-state index is 11.4. The maximum Gasteiger partial charge on any atom is 0.227 e. The Morgan fingerprint density at radius 2 is 1.80 bits per heavy atom. The molecule has 25 heavy (non-hydrogen) atoms. The Morgan fingerprint density at radius 1 is 1.08 bits per heavy atom. The first kappa shape index (κ1) is 16.6. The number of anilines is 2. The van der Waals surface area contributed by atoms with Crippen molar-refractivity contribution in [3.8, 4) is 11.1 Å². The fraction of sp³-hybridized carbons (Fsp3) is 0.222. The van der Waals surface area contributed by atoms with E-state index in [9.17, 15) is 4.79 Å². The second-order valence-corrected chi connectivity index (χ2v) is 5.55. The number of aromatic nitrogens is 4. The molecule has 2 N–H and O–H groups in total. The number of benzene rings is 1. The molecule has 0 saturated heterocycles. The van der Waals surface area contributed by atoms with E-state index < -0.39 is 0 Å². The minimum absolute atomic E-state index is 0.00194. The monoisotopic (exact) mass is 336 g/mol. The molecule has 3 rings (SSSR count). The molecular formula is C18H20N6O. The third kappa shape index (κ3) is 4.20. The van der Waals surface area contributed by atoms with Gasteiger partial charge in [-0.15, -0.1) is 0 Å². The highest BCUT2D eigenvalue weighted by Gasteiger charge is 2.05. The van der Waals surface area contributed by atoms with Crippen LogP contribution in [0.1, 0.15) is 12.5 Å². The Bertz CT molecular complexity index is 839. The molecule has 1 amide bonds. The van der Waals surface area contributed by atoms with E-state index in [4.69, 9.17) is 0 Å². The van der Waals surface area contributed by atoms with Gasteiger partial charge >= 0.3 is 0 Å². The van der Waals surface area contributed by atoms with Crippen LogP contribution in [-0.2, 0) is 17.8 Å². The van der Waals surface area contributed by atoms with Crippen LogP contribution in [0.25, 0.3) is 11.1 Å². The lowest BCUT2D eigenvalue weighted by Gasteiger charge is -2.05. The SMILES string of the molecule is CCn1cc(Nc2ncc(-c3ccc(CC(=O)NC)cc3)cn2)cn1. The molecule has 0 aliphatic carbocycles. The van der Waals surface area contributed by atoms with Crippen LogP contribution in [-0.4, -0.2) is 32.7 Å². The van der Waals surface area contributed by atoms with Gasteiger partial charge in [0.05, 0.1) is 18.3 Å². The van der Waals surface area contributed by atoms with Crippen molar-refractivity contribution in [2.24, 2.45) is 0 Å². The Morgan fingerprint density at radius 3 is 2.40 bits per heavy atom. The van der Waals surface area contributed by atoms with Crippen molar-refractivity contribution in [2.45, 2.75) is 19.9 Å². The van der Waals surface area contributed by atoms with Gasteiger partial charge in [0.1, 0.15) is 0 Å². The Balaban J connectivity index is 1.68. The molecule has 0 unspecified atom stereocenters. The first-order chi connectivity index (χ1) is 12.2. The second-order valence-electron chi connectivity index (χ2n) is 5.55. The zero-order chi connectivity index (χ0) is 17.6. The van der Waals surface area contributed by atoms with E-state index >= 15 is 0 Å². The summed E-state index contributed by atoms with van der Waals surface area (Å²) in [6, 6.07) is 7.82. The Kier molecular flexibility index (Phi) is 5.03. The minimum atomic E-state index is -0.00194. The summed E-state index contributed by atoms with van der Waals surface area (Å²) in [5.74, 6) is 0.522. The molecule has 0 spiro atoms. The first-order valence-electron chi connectivity index (χ1n) is 8.09. The van der Waals surface area contributed by atoms with Gasteiger partial charge in [0.15, 0.2) is 0 Å². The molecule has 3 aromatic rings. The fourth-order valence-electron chi connectivity index (χ4n) is 2.36. The standard InChI is InChI=1S/C18H20N6O/c1-3-24-12-16(11-22-24)23-18-20-9-15(10-21-18)14-6-4-13(5-7-14)8-17(25)19-2/h4-7,9-12H,3,8H2,1-2H3,(H,19,25)(H,20,21,23). The number of aryl methyl sites for hydroxylation is 1. The van der Waals surface area contributed by atoms with Gasteiger partial charge in [-0.2, -0.15) is 5.10 Å². The number of amides is 1. The van der Waals surface area contributed by atoms with Crippen LogP contribution in [0.2, 0.25) is 0 Å². The fourth-order valence-corrected chi connectivity index (χ4v) is 2.36. The molecule has 7 nitrogen and oxygen atoms in total. The molecule has 0 fully saturated rings. The van der Waals surface area contributed by atoms with E-state index in [1.807, 2.05) is 42.1 Å². The molecule has 2 heterocycles. The zero-order valence-electron chi connectivity index (χ0n) is 14.2. The van der Waals surface area contributed by atoms with Crippen LogP contribution in [0, 0.1) is 0 Å². The van der Waals surface area contributed by atoms with E-state index in [1.54, 1.807) is 25.6 Å². The Labute approximate surface area is 146 Å². The average Bonchev–Trinajstić information content (AvgIpc) is 3.10. The van der Waals surface area contributed by atoms with Gasteiger partial charge in [0.2, 0.25) is 11.9 Å². The molecule has 0 aliphatic rings. The van der Waals surface area contributed by atoms with Crippen molar-refractivity contribution in [1.82, 2.24) is 25.1 Å². The summed E-state index contributed by atoms with van der Waals surface area (Å²) in [6.45, 7) is 2.85. The van der Waals surface area contributed by atoms with E-state index in [0.29, 0.717) is 12.4 Å². The largest absolute Gasteiger partial charge is 0.359 e. The van der Waals surface area contributed by atoms with Gasteiger partial charge in [-0.3, -0.25) is 9.48 Å². The quantitative estimate of drug-likeness (QED) is 0.722. The predicted molar refractivity (Wildman–Crippen MR) is 96.4 cm³/mol. The number of rotatable bonds is 6. The lowest BCUT2D eigenvalue weighted by molar-refractivity contribution is -0.119. The smallest absolute Gasteiger partial charge is 0.227 e.